The third-order valence-corrected chi connectivity index (χ3v) is 5.60. The molecule has 0 amide bonds. The van der Waals surface area contributed by atoms with Gasteiger partial charge in [-0.15, -0.1) is 0 Å². The maximum Gasteiger partial charge on any atom is 0.435 e. The number of nitrogens with one attached hydrogen (secondary N) is 1. The van der Waals surface area contributed by atoms with Crippen molar-refractivity contribution in [2.45, 2.75) is 56.3 Å². The quantitative estimate of drug-likeness (QED) is 0.701. The van der Waals surface area contributed by atoms with Crippen LogP contribution < -0.4 is 4.72 Å². The first-order valence-electron chi connectivity index (χ1n) is 8.38. The van der Waals surface area contributed by atoms with Gasteiger partial charge in [0.15, 0.2) is 5.69 Å². The average molecular weight is 391 g/mol. The molecule has 0 saturated heterocycles. The molecule has 2 aromatic heterocycles. The van der Waals surface area contributed by atoms with Gasteiger partial charge in [-0.25, -0.2) is 13.1 Å². The lowest BCUT2D eigenvalue weighted by Crippen LogP contribution is -2.25. The molecule has 1 saturated carbocycles. The molecule has 144 valence electrons. The SMILES string of the molecule is CCn1cc(S(=O)(=O)NCCCn2nc(C(F)(F)F)cc2C2CC2)cn1. The van der Waals surface area contributed by atoms with Crippen LogP contribution in [0.4, 0.5) is 13.2 Å². The Kier molecular flexibility index (Phi) is 5.11. The molecule has 0 bridgehead atoms. The van der Waals surface area contributed by atoms with E-state index >= 15 is 0 Å². The monoisotopic (exact) mass is 391 g/mol. The zero-order chi connectivity index (χ0) is 18.9. The van der Waals surface area contributed by atoms with Gasteiger partial charge in [0.2, 0.25) is 10.0 Å². The minimum absolute atomic E-state index is 0.0662. The third-order valence-electron chi connectivity index (χ3n) is 4.18. The fraction of sp³-hybridized carbons (Fsp3) is 0.600. The fourth-order valence-electron chi connectivity index (χ4n) is 2.63. The molecule has 2 aromatic rings. The molecular weight excluding hydrogens is 371 g/mol. The molecule has 1 N–H and O–H groups in total. The molecule has 1 aliphatic rings. The van der Waals surface area contributed by atoms with Crippen molar-refractivity contribution in [3.05, 3.63) is 29.8 Å². The van der Waals surface area contributed by atoms with Crippen molar-refractivity contribution in [2.24, 2.45) is 0 Å². The minimum atomic E-state index is -4.48. The highest BCUT2D eigenvalue weighted by Gasteiger charge is 2.37. The van der Waals surface area contributed by atoms with E-state index in [0.717, 1.165) is 18.9 Å². The number of rotatable bonds is 8. The van der Waals surface area contributed by atoms with Crippen LogP contribution in [0.3, 0.4) is 0 Å². The van der Waals surface area contributed by atoms with E-state index < -0.39 is 21.9 Å². The zero-order valence-corrected chi connectivity index (χ0v) is 15.0. The number of alkyl halides is 3. The van der Waals surface area contributed by atoms with Gasteiger partial charge in [-0.2, -0.15) is 23.4 Å². The minimum Gasteiger partial charge on any atom is -0.272 e. The van der Waals surface area contributed by atoms with Crippen LogP contribution >= 0.6 is 0 Å². The summed E-state index contributed by atoms with van der Waals surface area (Å²) in [6.07, 6.45) is 0.264. The number of sulfonamides is 1. The second-order valence-electron chi connectivity index (χ2n) is 6.23. The normalized spacial score (nSPS) is 15.5. The molecule has 7 nitrogen and oxygen atoms in total. The van der Waals surface area contributed by atoms with E-state index in [1.165, 1.54) is 21.8 Å². The van der Waals surface area contributed by atoms with Crippen LogP contribution in [-0.4, -0.2) is 34.5 Å². The number of halogens is 3. The van der Waals surface area contributed by atoms with Gasteiger partial charge in [0, 0.05) is 37.4 Å². The van der Waals surface area contributed by atoms with Gasteiger partial charge in [0.25, 0.3) is 0 Å². The molecule has 26 heavy (non-hydrogen) atoms. The number of nitrogens with zero attached hydrogens (tertiary/aromatic N) is 4. The zero-order valence-electron chi connectivity index (χ0n) is 14.2. The van der Waals surface area contributed by atoms with Gasteiger partial charge in [-0.1, -0.05) is 0 Å². The van der Waals surface area contributed by atoms with E-state index in [4.69, 9.17) is 0 Å². The summed E-state index contributed by atoms with van der Waals surface area (Å²) in [5, 5.41) is 7.57. The Bertz CT molecular complexity index is 868. The van der Waals surface area contributed by atoms with Crippen LogP contribution in [0.5, 0.6) is 0 Å². The van der Waals surface area contributed by atoms with Crippen LogP contribution in [0.15, 0.2) is 23.4 Å². The van der Waals surface area contributed by atoms with Crippen molar-refractivity contribution in [3.63, 3.8) is 0 Å². The topological polar surface area (TPSA) is 81.8 Å². The molecule has 2 heterocycles. The Morgan fingerprint density at radius 2 is 2.08 bits per heavy atom. The summed E-state index contributed by atoms with van der Waals surface area (Å²) in [5.41, 5.74) is -0.323. The Labute approximate surface area is 149 Å². The molecule has 0 atom stereocenters. The van der Waals surface area contributed by atoms with Crippen LogP contribution in [-0.2, 0) is 29.3 Å². The first-order valence-corrected chi connectivity index (χ1v) is 9.86. The van der Waals surface area contributed by atoms with Crippen molar-refractivity contribution < 1.29 is 21.6 Å². The Hall–Kier alpha value is -1.88. The molecule has 0 spiro atoms. The highest BCUT2D eigenvalue weighted by molar-refractivity contribution is 7.89. The summed E-state index contributed by atoms with van der Waals surface area (Å²) in [6.45, 7) is 2.72. The van der Waals surface area contributed by atoms with Crippen LogP contribution in [0.25, 0.3) is 0 Å². The predicted octanol–water partition coefficient (Wildman–Crippen LogP) is 2.36. The van der Waals surface area contributed by atoms with E-state index in [9.17, 15) is 21.6 Å². The maximum atomic E-state index is 12.9. The highest BCUT2D eigenvalue weighted by atomic mass is 32.2. The summed E-state index contributed by atoms with van der Waals surface area (Å²) >= 11 is 0. The second-order valence-corrected chi connectivity index (χ2v) is 8.00. The first kappa shape index (κ1) is 18.9. The molecule has 1 fully saturated rings. The second kappa shape index (κ2) is 7.03. The van der Waals surface area contributed by atoms with Gasteiger partial charge in [-0.3, -0.25) is 9.36 Å². The van der Waals surface area contributed by atoms with Crippen molar-refractivity contribution in [1.29, 1.82) is 0 Å². The van der Waals surface area contributed by atoms with E-state index in [0.29, 0.717) is 18.7 Å². The number of hydrogen-bond acceptors (Lipinski definition) is 4. The number of aromatic nitrogens is 4. The summed E-state index contributed by atoms with van der Waals surface area (Å²) < 4.78 is 68.2. The smallest absolute Gasteiger partial charge is 0.272 e. The molecule has 0 radical (unpaired) electrons. The first-order chi connectivity index (χ1) is 12.2. The maximum absolute atomic E-state index is 12.9. The lowest BCUT2D eigenvalue weighted by molar-refractivity contribution is -0.141. The largest absolute Gasteiger partial charge is 0.435 e. The molecule has 0 aliphatic heterocycles. The van der Waals surface area contributed by atoms with Crippen LogP contribution in [0.1, 0.15) is 43.5 Å². The predicted molar refractivity (Wildman–Crippen MR) is 86.9 cm³/mol. The lowest BCUT2D eigenvalue weighted by atomic mass is 10.2. The van der Waals surface area contributed by atoms with Crippen molar-refractivity contribution in [3.8, 4) is 0 Å². The van der Waals surface area contributed by atoms with Gasteiger partial charge >= 0.3 is 6.18 Å². The van der Waals surface area contributed by atoms with Crippen molar-refractivity contribution in [2.75, 3.05) is 6.54 Å². The number of hydrogen-bond donors (Lipinski definition) is 1. The standard InChI is InChI=1S/C15H20F3N5O2S/c1-2-22-10-12(9-19-22)26(24,25)20-6-3-7-23-13(11-4-5-11)8-14(21-23)15(16,17)18/h8-11,20H,2-7H2,1H3. The molecule has 0 aromatic carbocycles. The fourth-order valence-corrected chi connectivity index (χ4v) is 3.66. The third kappa shape index (κ3) is 4.26. The average Bonchev–Trinajstić information content (AvgIpc) is 3.12. The van der Waals surface area contributed by atoms with E-state index in [1.54, 1.807) is 0 Å². The number of aryl methyl sites for hydroxylation is 2. The van der Waals surface area contributed by atoms with Gasteiger partial charge in [-0.05, 0) is 32.3 Å². The Balaban J connectivity index is 1.59. The van der Waals surface area contributed by atoms with E-state index in [1.807, 2.05) is 6.92 Å². The molecular formula is C15H20F3N5O2S. The van der Waals surface area contributed by atoms with Crippen LogP contribution in [0, 0.1) is 0 Å². The van der Waals surface area contributed by atoms with Crippen molar-refractivity contribution >= 4 is 10.0 Å². The van der Waals surface area contributed by atoms with Gasteiger partial charge < -0.3 is 0 Å². The van der Waals surface area contributed by atoms with Crippen LogP contribution in [0.2, 0.25) is 0 Å². The Morgan fingerprint density at radius 1 is 1.35 bits per heavy atom. The summed E-state index contributed by atoms with van der Waals surface area (Å²) in [7, 11) is -3.68. The molecule has 11 heteroatoms. The molecule has 1 aliphatic carbocycles. The summed E-state index contributed by atoms with van der Waals surface area (Å²) in [5.74, 6) is 0.121. The molecule has 0 unspecified atom stereocenters. The van der Waals surface area contributed by atoms with Gasteiger partial charge in [0.05, 0.1) is 6.20 Å². The van der Waals surface area contributed by atoms with E-state index in [-0.39, 0.29) is 23.9 Å². The van der Waals surface area contributed by atoms with E-state index in [2.05, 4.69) is 14.9 Å². The van der Waals surface area contributed by atoms with Crippen molar-refractivity contribution in [1.82, 2.24) is 24.3 Å². The molecule has 3 rings (SSSR count). The van der Waals surface area contributed by atoms with Gasteiger partial charge in [0.1, 0.15) is 4.90 Å². The summed E-state index contributed by atoms with van der Waals surface area (Å²) in [6, 6.07) is 1.10. The lowest BCUT2D eigenvalue weighted by Gasteiger charge is -2.08. The Morgan fingerprint density at radius 3 is 2.65 bits per heavy atom. The highest BCUT2D eigenvalue weighted by Crippen LogP contribution is 2.42. The summed E-state index contributed by atoms with van der Waals surface area (Å²) in [4.78, 5) is 0.0662.